The Labute approximate surface area is 154 Å². The van der Waals surface area contributed by atoms with Crippen molar-refractivity contribution in [2.45, 2.75) is 25.7 Å². The molecule has 2 aromatic rings. The lowest BCUT2D eigenvalue weighted by Gasteiger charge is -2.31. The van der Waals surface area contributed by atoms with E-state index in [1.54, 1.807) is 11.0 Å². The van der Waals surface area contributed by atoms with Crippen LogP contribution in [0.3, 0.4) is 0 Å². The van der Waals surface area contributed by atoms with Crippen LogP contribution < -0.4 is 0 Å². The number of aliphatic hydroxyl groups excluding tert-OH is 1. The van der Waals surface area contributed by atoms with E-state index >= 15 is 0 Å². The SMILES string of the molecule is CN(CC1(CO)CCCC1)C(=O)c1ccc(-c2cccc(C#N)c2)cc1. The molecule has 1 aliphatic carbocycles. The molecule has 1 amide bonds. The molecule has 0 saturated heterocycles. The summed E-state index contributed by atoms with van der Waals surface area (Å²) in [4.78, 5) is 14.5. The highest BCUT2D eigenvalue weighted by atomic mass is 16.3. The molecule has 0 unspecified atom stereocenters. The van der Waals surface area contributed by atoms with Gasteiger partial charge in [-0.1, -0.05) is 37.1 Å². The van der Waals surface area contributed by atoms with Crippen molar-refractivity contribution < 1.29 is 9.90 Å². The zero-order chi connectivity index (χ0) is 18.6. The monoisotopic (exact) mass is 348 g/mol. The second-order valence-electron chi connectivity index (χ2n) is 7.30. The molecule has 0 aliphatic heterocycles. The van der Waals surface area contributed by atoms with Gasteiger partial charge in [-0.05, 0) is 48.2 Å². The van der Waals surface area contributed by atoms with Crippen LogP contribution in [0.2, 0.25) is 0 Å². The highest BCUT2D eigenvalue weighted by Gasteiger charge is 2.35. The van der Waals surface area contributed by atoms with Crippen LogP contribution in [0.5, 0.6) is 0 Å². The summed E-state index contributed by atoms with van der Waals surface area (Å²) in [5, 5.41) is 18.8. The first-order valence-electron chi connectivity index (χ1n) is 9.04. The van der Waals surface area contributed by atoms with Crippen molar-refractivity contribution in [1.82, 2.24) is 4.90 Å². The zero-order valence-corrected chi connectivity index (χ0v) is 15.1. The summed E-state index contributed by atoms with van der Waals surface area (Å²) in [6.45, 7) is 0.729. The molecular formula is C22H24N2O2. The highest BCUT2D eigenvalue weighted by molar-refractivity contribution is 5.94. The van der Waals surface area contributed by atoms with Crippen molar-refractivity contribution in [3.05, 3.63) is 59.7 Å². The molecule has 2 aromatic carbocycles. The van der Waals surface area contributed by atoms with Gasteiger partial charge in [0.15, 0.2) is 0 Å². The molecular weight excluding hydrogens is 324 g/mol. The molecule has 0 heterocycles. The Balaban J connectivity index is 1.73. The lowest BCUT2D eigenvalue weighted by Crippen LogP contribution is -2.39. The third-order valence-corrected chi connectivity index (χ3v) is 5.38. The number of nitrogens with zero attached hydrogens (tertiary/aromatic N) is 2. The van der Waals surface area contributed by atoms with Gasteiger partial charge in [-0.2, -0.15) is 5.26 Å². The van der Waals surface area contributed by atoms with Crippen LogP contribution in [-0.2, 0) is 0 Å². The summed E-state index contributed by atoms with van der Waals surface area (Å²) in [7, 11) is 1.81. The Bertz CT molecular complexity index is 815. The summed E-state index contributed by atoms with van der Waals surface area (Å²) >= 11 is 0. The first-order valence-corrected chi connectivity index (χ1v) is 9.04. The second kappa shape index (κ2) is 7.72. The van der Waals surface area contributed by atoms with Crippen molar-refractivity contribution >= 4 is 5.91 Å². The predicted octanol–water partition coefficient (Wildman–Crippen LogP) is 3.85. The van der Waals surface area contributed by atoms with E-state index in [2.05, 4.69) is 6.07 Å². The Morgan fingerprint density at radius 3 is 2.46 bits per heavy atom. The van der Waals surface area contributed by atoms with Crippen LogP contribution in [0.4, 0.5) is 0 Å². The molecule has 134 valence electrons. The van der Waals surface area contributed by atoms with Crippen LogP contribution in [0, 0.1) is 16.7 Å². The van der Waals surface area contributed by atoms with Gasteiger partial charge in [-0.25, -0.2) is 0 Å². The van der Waals surface area contributed by atoms with Gasteiger partial charge < -0.3 is 10.0 Å². The summed E-state index contributed by atoms with van der Waals surface area (Å²) < 4.78 is 0. The number of aliphatic hydroxyl groups is 1. The fraction of sp³-hybridized carbons (Fsp3) is 0.364. The quantitative estimate of drug-likeness (QED) is 0.892. The van der Waals surface area contributed by atoms with Gasteiger partial charge in [0, 0.05) is 24.6 Å². The van der Waals surface area contributed by atoms with E-state index in [4.69, 9.17) is 5.26 Å². The van der Waals surface area contributed by atoms with Gasteiger partial charge in [0.05, 0.1) is 18.2 Å². The second-order valence-corrected chi connectivity index (χ2v) is 7.30. The standard InChI is InChI=1S/C22H24N2O2/c1-24(15-22(16-25)11-2-3-12-22)21(26)19-9-7-18(8-10-19)20-6-4-5-17(13-20)14-23/h4-10,13,25H,2-3,11-12,15-16H2,1H3. The van der Waals surface area contributed by atoms with Crippen molar-refractivity contribution in [3.63, 3.8) is 0 Å². The lowest BCUT2D eigenvalue weighted by molar-refractivity contribution is 0.0595. The molecule has 4 heteroatoms. The first kappa shape index (κ1) is 18.2. The average Bonchev–Trinajstić information content (AvgIpc) is 3.16. The summed E-state index contributed by atoms with van der Waals surface area (Å²) in [6.07, 6.45) is 4.21. The minimum Gasteiger partial charge on any atom is -0.396 e. The largest absolute Gasteiger partial charge is 0.396 e. The molecule has 1 fully saturated rings. The Morgan fingerprint density at radius 1 is 1.15 bits per heavy atom. The third kappa shape index (κ3) is 3.79. The molecule has 4 nitrogen and oxygen atoms in total. The molecule has 0 radical (unpaired) electrons. The molecule has 1 aliphatic rings. The Hall–Kier alpha value is -2.64. The first-order chi connectivity index (χ1) is 12.6. The lowest BCUT2D eigenvalue weighted by atomic mass is 9.86. The van der Waals surface area contributed by atoms with E-state index in [0.29, 0.717) is 17.7 Å². The van der Waals surface area contributed by atoms with Gasteiger partial charge in [-0.15, -0.1) is 0 Å². The average molecular weight is 348 g/mol. The van der Waals surface area contributed by atoms with Gasteiger partial charge in [0.25, 0.3) is 5.91 Å². The Kier molecular flexibility index (Phi) is 5.39. The minimum absolute atomic E-state index is 0.0259. The molecule has 0 aromatic heterocycles. The number of hydrogen-bond donors (Lipinski definition) is 1. The van der Waals surface area contributed by atoms with Crippen molar-refractivity contribution in [1.29, 1.82) is 5.26 Å². The fourth-order valence-electron chi connectivity index (χ4n) is 3.86. The number of carbonyl (C=O) groups is 1. The molecule has 1 saturated carbocycles. The number of rotatable bonds is 5. The van der Waals surface area contributed by atoms with Crippen LogP contribution in [0.25, 0.3) is 11.1 Å². The zero-order valence-electron chi connectivity index (χ0n) is 15.1. The molecule has 26 heavy (non-hydrogen) atoms. The van der Waals surface area contributed by atoms with E-state index in [1.165, 1.54) is 0 Å². The number of amides is 1. The highest BCUT2D eigenvalue weighted by Crippen LogP contribution is 2.38. The van der Waals surface area contributed by atoms with Gasteiger partial charge in [0.2, 0.25) is 0 Å². The molecule has 0 atom stereocenters. The fourth-order valence-corrected chi connectivity index (χ4v) is 3.86. The van der Waals surface area contributed by atoms with Gasteiger partial charge >= 0.3 is 0 Å². The van der Waals surface area contributed by atoms with E-state index in [0.717, 1.165) is 36.8 Å². The van der Waals surface area contributed by atoms with Crippen molar-refractivity contribution in [3.8, 4) is 17.2 Å². The van der Waals surface area contributed by atoms with Crippen LogP contribution in [0.1, 0.15) is 41.6 Å². The number of hydrogen-bond acceptors (Lipinski definition) is 3. The minimum atomic E-state index is -0.137. The molecule has 1 N–H and O–H groups in total. The predicted molar refractivity (Wildman–Crippen MR) is 102 cm³/mol. The maximum atomic E-state index is 12.7. The summed E-state index contributed by atoms with van der Waals surface area (Å²) in [5.74, 6) is -0.0259. The third-order valence-electron chi connectivity index (χ3n) is 5.38. The summed E-state index contributed by atoms with van der Waals surface area (Å²) in [5.41, 5.74) is 3.06. The molecule has 3 rings (SSSR count). The van der Waals surface area contributed by atoms with E-state index < -0.39 is 0 Å². The number of carbonyl (C=O) groups excluding carboxylic acids is 1. The Morgan fingerprint density at radius 2 is 1.85 bits per heavy atom. The van der Waals surface area contributed by atoms with Crippen LogP contribution >= 0.6 is 0 Å². The number of nitriles is 1. The van der Waals surface area contributed by atoms with Crippen LogP contribution in [-0.4, -0.2) is 36.1 Å². The van der Waals surface area contributed by atoms with E-state index in [1.807, 2.05) is 49.5 Å². The molecule has 0 bridgehead atoms. The van der Waals surface area contributed by atoms with Gasteiger partial charge in [-0.3, -0.25) is 4.79 Å². The molecule has 0 spiro atoms. The normalized spacial score (nSPS) is 15.4. The van der Waals surface area contributed by atoms with E-state index in [9.17, 15) is 9.90 Å². The van der Waals surface area contributed by atoms with Crippen molar-refractivity contribution in [2.24, 2.45) is 5.41 Å². The van der Waals surface area contributed by atoms with Gasteiger partial charge in [0.1, 0.15) is 0 Å². The van der Waals surface area contributed by atoms with E-state index in [-0.39, 0.29) is 17.9 Å². The maximum absolute atomic E-state index is 12.7. The summed E-state index contributed by atoms with van der Waals surface area (Å²) in [6, 6.07) is 17.0. The van der Waals surface area contributed by atoms with Crippen molar-refractivity contribution in [2.75, 3.05) is 20.2 Å². The topological polar surface area (TPSA) is 64.3 Å². The van der Waals surface area contributed by atoms with Crippen LogP contribution in [0.15, 0.2) is 48.5 Å². The maximum Gasteiger partial charge on any atom is 0.253 e. The number of benzene rings is 2. The smallest absolute Gasteiger partial charge is 0.253 e.